The number of benzene rings is 1. The van der Waals surface area contributed by atoms with Crippen LogP contribution in [0.25, 0.3) is 0 Å². The predicted molar refractivity (Wildman–Crippen MR) is 88.9 cm³/mol. The van der Waals surface area contributed by atoms with Crippen molar-refractivity contribution in [2.24, 2.45) is 0 Å². The van der Waals surface area contributed by atoms with Crippen LogP contribution in [0.2, 0.25) is 0 Å². The van der Waals surface area contributed by atoms with Gasteiger partial charge in [0.2, 0.25) is 0 Å². The monoisotopic (exact) mass is 325 g/mol. The summed E-state index contributed by atoms with van der Waals surface area (Å²) in [5, 5.41) is 0.937. The smallest absolute Gasteiger partial charge is 0.0322 e. The number of hydrogen-bond acceptors (Lipinski definition) is 1. The van der Waals surface area contributed by atoms with E-state index in [-0.39, 0.29) is 0 Å². The number of rotatable bonds is 8. The lowest BCUT2D eigenvalue weighted by Gasteiger charge is -2.34. The van der Waals surface area contributed by atoms with Crippen molar-refractivity contribution in [3.8, 4) is 0 Å². The molecule has 0 saturated carbocycles. The van der Waals surface area contributed by atoms with E-state index in [1.54, 1.807) is 0 Å². The van der Waals surface area contributed by atoms with E-state index in [2.05, 4.69) is 72.8 Å². The van der Waals surface area contributed by atoms with E-state index in [0.29, 0.717) is 12.1 Å². The molecule has 0 amide bonds. The molecular weight excluding hydrogens is 298 g/mol. The Morgan fingerprint density at radius 3 is 2.21 bits per heavy atom. The SMILES string of the molecule is CCCCN(C(C)c1ccc(CBr)cc1)[C@@H](C)CC. The molecule has 0 spiro atoms. The molecule has 19 heavy (non-hydrogen) atoms. The van der Waals surface area contributed by atoms with Crippen LogP contribution in [0.1, 0.15) is 64.1 Å². The van der Waals surface area contributed by atoms with Crippen molar-refractivity contribution in [2.45, 2.75) is 64.4 Å². The Balaban J connectivity index is 2.80. The van der Waals surface area contributed by atoms with Gasteiger partial charge in [0.1, 0.15) is 0 Å². The number of alkyl halides is 1. The second kappa shape index (κ2) is 8.76. The average Bonchev–Trinajstić information content (AvgIpc) is 2.47. The highest BCUT2D eigenvalue weighted by atomic mass is 79.9. The Morgan fingerprint density at radius 2 is 1.74 bits per heavy atom. The molecule has 2 heteroatoms. The van der Waals surface area contributed by atoms with E-state index >= 15 is 0 Å². The summed E-state index contributed by atoms with van der Waals surface area (Å²) in [7, 11) is 0. The molecule has 0 radical (unpaired) electrons. The van der Waals surface area contributed by atoms with Gasteiger partial charge in [-0.25, -0.2) is 0 Å². The van der Waals surface area contributed by atoms with Crippen molar-refractivity contribution in [3.63, 3.8) is 0 Å². The molecule has 1 nitrogen and oxygen atoms in total. The Kier molecular flexibility index (Phi) is 7.70. The first-order chi connectivity index (χ1) is 9.13. The van der Waals surface area contributed by atoms with E-state index < -0.39 is 0 Å². The van der Waals surface area contributed by atoms with Crippen molar-refractivity contribution in [1.29, 1.82) is 0 Å². The van der Waals surface area contributed by atoms with Crippen LogP contribution < -0.4 is 0 Å². The van der Waals surface area contributed by atoms with Gasteiger partial charge in [0, 0.05) is 17.4 Å². The van der Waals surface area contributed by atoms with E-state index in [0.717, 1.165) is 5.33 Å². The first-order valence-corrected chi connectivity index (χ1v) is 8.66. The van der Waals surface area contributed by atoms with Gasteiger partial charge in [0.05, 0.1) is 0 Å². The lowest BCUT2D eigenvalue weighted by Crippen LogP contribution is -2.35. The van der Waals surface area contributed by atoms with E-state index in [1.165, 1.54) is 36.9 Å². The van der Waals surface area contributed by atoms with Crippen LogP contribution in [0.15, 0.2) is 24.3 Å². The van der Waals surface area contributed by atoms with Crippen LogP contribution in [0.3, 0.4) is 0 Å². The van der Waals surface area contributed by atoms with Gasteiger partial charge in [-0.2, -0.15) is 0 Å². The quantitative estimate of drug-likeness (QED) is 0.567. The molecular formula is C17H28BrN. The normalized spacial score (nSPS) is 14.6. The van der Waals surface area contributed by atoms with Gasteiger partial charge in [-0.15, -0.1) is 0 Å². The summed E-state index contributed by atoms with van der Waals surface area (Å²) >= 11 is 3.51. The summed E-state index contributed by atoms with van der Waals surface area (Å²) in [6.07, 6.45) is 3.77. The van der Waals surface area contributed by atoms with Crippen molar-refractivity contribution >= 4 is 15.9 Å². The minimum atomic E-state index is 0.505. The fourth-order valence-corrected chi connectivity index (χ4v) is 2.82. The van der Waals surface area contributed by atoms with Crippen LogP contribution >= 0.6 is 15.9 Å². The van der Waals surface area contributed by atoms with Crippen LogP contribution in [-0.4, -0.2) is 17.5 Å². The molecule has 1 aromatic rings. The average molecular weight is 326 g/mol. The van der Waals surface area contributed by atoms with Crippen LogP contribution in [0.4, 0.5) is 0 Å². The standard InChI is InChI=1S/C17H28BrN/c1-5-7-12-19(14(3)6-2)15(4)17-10-8-16(13-18)9-11-17/h8-11,14-15H,5-7,12-13H2,1-4H3/t14-,15?/m0/s1. The molecule has 0 heterocycles. The molecule has 1 rings (SSSR count). The Labute approximate surface area is 127 Å². The molecule has 0 aliphatic carbocycles. The first-order valence-electron chi connectivity index (χ1n) is 7.54. The summed E-state index contributed by atoms with van der Waals surface area (Å²) in [4.78, 5) is 2.65. The highest BCUT2D eigenvalue weighted by Gasteiger charge is 2.19. The Morgan fingerprint density at radius 1 is 1.11 bits per heavy atom. The van der Waals surface area contributed by atoms with Crippen molar-refractivity contribution in [2.75, 3.05) is 6.54 Å². The highest BCUT2D eigenvalue weighted by Crippen LogP contribution is 2.24. The zero-order chi connectivity index (χ0) is 14.3. The molecule has 2 atom stereocenters. The Bertz CT molecular complexity index is 347. The van der Waals surface area contributed by atoms with Gasteiger partial charge in [-0.1, -0.05) is 60.5 Å². The molecule has 0 aliphatic heterocycles. The third-order valence-electron chi connectivity index (χ3n) is 4.04. The van der Waals surface area contributed by atoms with E-state index in [4.69, 9.17) is 0 Å². The Hall–Kier alpha value is -0.340. The van der Waals surface area contributed by atoms with Gasteiger partial charge >= 0.3 is 0 Å². The number of nitrogens with zero attached hydrogens (tertiary/aromatic N) is 1. The molecule has 0 fully saturated rings. The first kappa shape index (κ1) is 16.7. The molecule has 0 bridgehead atoms. The van der Waals surface area contributed by atoms with Crippen molar-refractivity contribution in [3.05, 3.63) is 35.4 Å². The number of hydrogen-bond donors (Lipinski definition) is 0. The minimum Gasteiger partial charge on any atom is -0.294 e. The number of halogens is 1. The largest absolute Gasteiger partial charge is 0.294 e. The number of unbranched alkanes of at least 4 members (excludes halogenated alkanes) is 1. The molecule has 108 valence electrons. The lowest BCUT2D eigenvalue weighted by molar-refractivity contribution is 0.147. The molecule has 0 N–H and O–H groups in total. The van der Waals surface area contributed by atoms with Gasteiger partial charge in [-0.05, 0) is 44.4 Å². The molecule has 0 saturated heterocycles. The summed E-state index contributed by atoms with van der Waals surface area (Å²) in [6.45, 7) is 10.4. The van der Waals surface area contributed by atoms with Gasteiger partial charge in [0.25, 0.3) is 0 Å². The third-order valence-corrected chi connectivity index (χ3v) is 4.69. The van der Waals surface area contributed by atoms with Gasteiger partial charge < -0.3 is 0 Å². The lowest BCUT2D eigenvalue weighted by atomic mass is 10.0. The van der Waals surface area contributed by atoms with Crippen LogP contribution in [0.5, 0.6) is 0 Å². The van der Waals surface area contributed by atoms with E-state index in [1.807, 2.05) is 0 Å². The maximum absolute atomic E-state index is 3.51. The highest BCUT2D eigenvalue weighted by molar-refractivity contribution is 9.08. The van der Waals surface area contributed by atoms with Crippen LogP contribution in [0, 0.1) is 0 Å². The van der Waals surface area contributed by atoms with Crippen LogP contribution in [-0.2, 0) is 5.33 Å². The maximum atomic E-state index is 3.51. The second-order valence-corrected chi connectivity index (χ2v) is 5.96. The predicted octanol–water partition coefficient (Wildman–Crippen LogP) is 5.54. The second-order valence-electron chi connectivity index (χ2n) is 5.40. The molecule has 0 aromatic heterocycles. The topological polar surface area (TPSA) is 3.24 Å². The molecule has 0 aliphatic rings. The molecule has 1 unspecified atom stereocenters. The fraction of sp³-hybridized carbons (Fsp3) is 0.647. The van der Waals surface area contributed by atoms with Gasteiger partial charge in [0.15, 0.2) is 0 Å². The van der Waals surface area contributed by atoms with Gasteiger partial charge in [-0.3, -0.25) is 4.90 Å². The molecule has 1 aromatic carbocycles. The zero-order valence-corrected chi connectivity index (χ0v) is 14.4. The van der Waals surface area contributed by atoms with Crippen molar-refractivity contribution < 1.29 is 0 Å². The third kappa shape index (κ3) is 4.92. The summed E-state index contributed by atoms with van der Waals surface area (Å²) in [6, 6.07) is 10.2. The fourth-order valence-electron chi connectivity index (χ4n) is 2.45. The maximum Gasteiger partial charge on any atom is 0.0322 e. The van der Waals surface area contributed by atoms with Crippen molar-refractivity contribution in [1.82, 2.24) is 4.90 Å². The summed E-state index contributed by atoms with van der Waals surface area (Å²) < 4.78 is 0. The minimum absolute atomic E-state index is 0.505. The summed E-state index contributed by atoms with van der Waals surface area (Å²) in [5.41, 5.74) is 2.78. The van der Waals surface area contributed by atoms with E-state index in [9.17, 15) is 0 Å². The zero-order valence-electron chi connectivity index (χ0n) is 12.8. The summed E-state index contributed by atoms with van der Waals surface area (Å²) in [5.74, 6) is 0.